The quantitative estimate of drug-likeness (QED) is 0.596. The molecule has 118 valence electrons. The van der Waals surface area contributed by atoms with Crippen molar-refractivity contribution in [3.8, 4) is 0 Å². The summed E-state index contributed by atoms with van der Waals surface area (Å²) >= 11 is 0. The van der Waals surface area contributed by atoms with E-state index in [0.29, 0.717) is 13.2 Å². The van der Waals surface area contributed by atoms with E-state index in [4.69, 9.17) is 9.84 Å². The van der Waals surface area contributed by atoms with Gasteiger partial charge in [0, 0.05) is 13.2 Å². The van der Waals surface area contributed by atoms with E-state index in [1.165, 1.54) is 0 Å². The Morgan fingerprint density at radius 1 is 1.20 bits per heavy atom. The van der Waals surface area contributed by atoms with Gasteiger partial charge in [-0.25, -0.2) is 9.59 Å². The molecule has 0 spiro atoms. The molecular weight excluding hydrogens is 260 g/mol. The van der Waals surface area contributed by atoms with Gasteiger partial charge in [0.2, 0.25) is 0 Å². The first kappa shape index (κ1) is 18.7. The van der Waals surface area contributed by atoms with Gasteiger partial charge in [0.15, 0.2) is 0 Å². The minimum Gasteiger partial charge on any atom is -0.480 e. The molecule has 6 heteroatoms. The van der Waals surface area contributed by atoms with Crippen LogP contribution in [0.5, 0.6) is 0 Å². The van der Waals surface area contributed by atoms with Gasteiger partial charge in [0.05, 0.1) is 6.10 Å². The Kier molecular flexibility index (Phi) is 8.22. The number of ether oxygens (including phenoxy) is 1. The summed E-state index contributed by atoms with van der Waals surface area (Å²) in [6, 6.07) is -1.36. The number of amides is 2. The monoisotopic (exact) mass is 288 g/mol. The second-order valence-corrected chi connectivity index (χ2v) is 6.16. The van der Waals surface area contributed by atoms with Crippen molar-refractivity contribution >= 4 is 12.0 Å². The van der Waals surface area contributed by atoms with Crippen LogP contribution in [0.1, 0.15) is 47.5 Å². The molecule has 0 rings (SSSR count). The maximum atomic E-state index is 11.6. The van der Waals surface area contributed by atoms with Gasteiger partial charge in [-0.05, 0) is 32.1 Å². The number of carbonyl (C=O) groups is 2. The number of rotatable bonds is 8. The highest BCUT2D eigenvalue weighted by molar-refractivity contribution is 5.83. The Bertz CT molecular complexity index is 311. The molecule has 1 atom stereocenters. The first-order chi connectivity index (χ1) is 9.14. The topological polar surface area (TPSA) is 87.7 Å². The lowest BCUT2D eigenvalue weighted by molar-refractivity contribution is -0.141. The molecule has 0 heterocycles. The number of carbonyl (C=O) groups excluding carboxylic acids is 1. The van der Waals surface area contributed by atoms with Crippen LogP contribution < -0.4 is 10.6 Å². The van der Waals surface area contributed by atoms with Crippen LogP contribution in [0.15, 0.2) is 0 Å². The van der Waals surface area contributed by atoms with Crippen LogP contribution in [-0.2, 0) is 9.53 Å². The fourth-order valence-electron chi connectivity index (χ4n) is 1.58. The van der Waals surface area contributed by atoms with Gasteiger partial charge in [0.1, 0.15) is 6.04 Å². The number of nitrogens with one attached hydrogen (secondary N) is 2. The maximum absolute atomic E-state index is 11.6. The molecule has 0 aliphatic rings. The molecule has 0 fully saturated rings. The lowest BCUT2D eigenvalue weighted by Crippen LogP contribution is -2.52. The van der Waals surface area contributed by atoms with E-state index in [1.807, 2.05) is 13.8 Å². The van der Waals surface area contributed by atoms with Crippen molar-refractivity contribution in [3.63, 3.8) is 0 Å². The third-order valence-corrected chi connectivity index (χ3v) is 2.70. The highest BCUT2D eigenvalue weighted by Crippen LogP contribution is 2.19. The van der Waals surface area contributed by atoms with Crippen LogP contribution in [0.3, 0.4) is 0 Å². The summed E-state index contributed by atoms with van der Waals surface area (Å²) in [5.41, 5.74) is -0.533. The average molecular weight is 288 g/mol. The summed E-state index contributed by atoms with van der Waals surface area (Å²) in [5.74, 6) is -1.03. The molecule has 0 saturated heterocycles. The maximum Gasteiger partial charge on any atom is 0.326 e. The Morgan fingerprint density at radius 3 is 2.25 bits per heavy atom. The van der Waals surface area contributed by atoms with E-state index in [1.54, 1.807) is 20.8 Å². The molecule has 20 heavy (non-hydrogen) atoms. The Labute approximate surface area is 121 Å². The van der Waals surface area contributed by atoms with Crippen molar-refractivity contribution < 1.29 is 19.4 Å². The minimum absolute atomic E-state index is 0.217. The van der Waals surface area contributed by atoms with E-state index >= 15 is 0 Å². The largest absolute Gasteiger partial charge is 0.480 e. The van der Waals surface area contributed by atoms with Crippen LogP contribution in [-0.4, -0.2) is 42.4 Å². The number of carboxylic acids is 1. The predicted molar refractivity (Wildman–Crippen MR) is 77.7 cm³/mol. The summed E-state index contributed by atoms with van der Waals surface area (Å²) in [5, 5.41) is 14.2. The lowest BCUT2D eigenvalue weighted by Gasteiger charge is -2.27. The van der Waals surface area contributed by atoms with Crippen molar-refractivity contribution in [3.05, 3.63) is 0 Å². The summed E-state index contributed by atoms with van der Waals surface area (Å²) in [4.78, 5) is 22.7. The Morgan fingerprint density at radius 2 is 1.80 bits per heavy atom. The molecule has 3 N–H and O–H groups in total. The van der Waals surface area contributed by atoms with Crippen molar-refractivity contribution in [2.45, 2.75) is 59.6 Å². The SMILES string of the molecule is CC(C)OCCCCNC(=O)N[C@@H](C(=O)O)C(C)(C)C. The summed E-state index contributed by atoms with van der Waals surface area (Å²) in [7, 11) is 0. The fourth-order valence-corrected chi connectivity index (χ4v) is 1.58. The van der Waals surface area contributed by atoms with Crippen LogP contribution in [0.4, 0.5) is 4.79 Å². The molecule has 0 aromatic carbocycles. The van der Waals surface area contributed by atoms with E-state index < -0.39 is 23.5 Å². The van der Waals surface area contributed by atoms with E-state index in [2.05, 4.69) is 10.6 Å². The normalized spacial score (nSPS) is 13.1. The number of urea groups is 1. The minimum atomic E-state index is -1.03. The first-order valence-electron chi connectivity index (χ1n) is 7.03. The number of carboxylic acid groups (broad SMARTS) is 1. The number of unbranched alkanes of at least 4 members (excludes halogenated alkanes) is 1. The molecule has 0 aliphatic carbocycles. The molecular formula is C14H28N2O4. The van der Waals surface area contributed by atoms with Crippen molar-refractivity contribution in [2.75, 3.05) is 13.2 Å². The molecule has 0 radical (unpaired) electrons. The third-order valence-electron chi connectivity index (χ3n) is 2.70. The van der Waals surface area contributed by atoms with Gasteiger partial charge in [-0.3, -0.25) is 0 Å². The van der Waals surface area contributed by atoms with Gasteiger partial charge in [-0.15, -0.1) is 0 Å². The second kappa shape index (κ2) is 8.79. The zero-order valence-electron chi connectivity index (χ0n) is 13.2. The molecule has 2 amide bonds. The van der Waals surface area contributed by atoms with E-state index in [-0.39, 0.29) is 6.10 Å². The van der Waals surface area contributed by atoms with E-state index in [0.717, 1.165) is 12.8 Å². The zero-order chi connectivity index (χ0) is 15.8. The average Bonchev–Trinajstić information content (AvgIpc) is 2.28. The highest BCUT2D eigenvalue weighted by atomic mass is 16.5. The Hall–Kier alpha value is -1.30. The Balaban J connectivity index is 3.90. The molecule has 0 unspecified atom stereocenters. The van der Waals surface area contributed by atoms with Crippen LogP contribution >= 0.6 is 0 Å². The van der Waals surface area contributed by atoms with Crippen molar-refractivity contribution in [1.29, 1.82) is 0 Å². The molecule has 0 bridgehead atoms. The second-order valence-electron chi connectivity index (χ2n) is 6.16. The summed E-state index contributed by atoms with van der Waals surface area (Å²) < 4.78 is 5.38. The van der Waals surface area contributed by atoms with Gasteiger partial charge in [0.25, 0.3) is 0 Å². The van der Waals surface area contributed by atoms with Gasteiger partial charge in [-0.2, -0.15) is 0 Å². The number of aliphatic carboxylic acids is 1. The van der Waals surface area contributed by atoms with Gasteiger partial charge in [-0.1, -0.05) is 20.8 Å². The predicted octanol–water partition coefficient (Wildman–Crippen LogP) is 1.99. The fraction of sp³-hybridized carbons (Fsp3) is 0.857. The van der Waals surface area contributed by atoms with Crippen LogP contribution in [0.25, 0.3) is 0 Å². The molecule has 6 nitrogen and oxygen atoms in total. The van der Waals surface area contributed by atoms with Crippen molar-refractivity contribution in [1.82, 2.24) is 10.6 Å². The van der Waals surface area contributed by atoms with Gasteiger partial charge < -0.3 is 20.5 Å². The highest BCUT2D eigenvalue weighted by Gasteiger charge is 2.32. The van der Waals surface area contributed by atoms with Gasteiger partial charge >= 0.3 is 12.0 Å². The van der Waals surface area contributed by atoms with Crippen LogP contribution in [0.2, 0.25) is 0 Å². The van der Waals surface area contributed by atoms with Crippen LogP contribution in [0, 0.1) is 5.41 Å². The molecule has 0 saturated carbocycles. The first-order valence-corrected chi connectivity index (χ1v) is 7.03. The number of hydrogen-bond donors (Lipinski definition) is 3. The number of hydrogen-bond acceptors (Lipinski definition) is 3. The summed E-state index contributed by atoms with van der Waals surface area (Å²) in [6.07, 6.45) is 1.88. The lowest BCUT2D eigenvalue weighted by atomic mass is 9.87. The van der Waals surface area contributed by atoms with E-state index in [9.17, 15) is 9.59 Å². The molecule has 0 aromatic rings. The summed E-state index contributed by atoms with van der Waals surface area (Å²) in [6.45, 7) is 10.4. The van der Waals surface area contributed by atoms with Crippen molar-refractivity contribution in [2.24, 2.45) is 5.41 Å². The molecule has 0 aliphatic heterocycles. The zero-order valence-corrected chi connectivity index (χ0v) is 13.2. The molecule has 0 aromatic heterocycles. The third kappa shape index (κ3) is 8.74. The standard InChI is InChI=1S/C14H28N2O4/c1-10(2)20-9-7-6-8-15-13(19)16-11(12(17)18)14(3,4)5/h10-11H,6-9H2,1-5H3,(H,17,18)(H2,15,16,19)/t11-/m0/s1. The smallest absolute Gasteiger partial charge is 0.326 e.